The minimum absolute atomic E-state index is 0.0375. The molecule has 10 heteroatoms. The van der Waals surface area contributed by atoms with Gasteiger partial charge in [0.15, 0.2) is 0 Å². The summed E-state index contributed by atoms with van der Waals surface area (Å²) in [6.07, 6.45) is 7.82. The second kappa shape index (κ2) is 10.0. The van der Waals surface area contributed by atoms with E-state index in [-0.39, 0.29) is 20.7 Å². The molecule has 1 aliphatic rings. The molecule has 6 nitrogen and oxygen atoms in total. The zero-order chi connectivity index (χ0) is 24.6. The van der Waals surface area contributed by atoms with Crippen molar-refractivity contribution in [3.63, 3.8) is 0 Å². The maximum Gasteiger partial charge on any atom is 0.340 e. The van der Waals surface area contributed by atoms with Crippen LogP contribution in [0.25, 0.3) is 16.9 Å². The van der Waals surface area contributed by atoms with Crippen LogP contribution < -0.4 is 9.50 Å². The second-order valence-electron chi connectivity index (χ2n) is 8.50. The number of anilines is 1. The first-order valence-corrected chi connectivity index (χ1v) is 14.2. The molecule has 0 radical (unpaired) electrons. The van der Waals surface area contributed by atoms with Crippen LogP contribution in [0.15, 0.2) is 70.2 Å². The van der Waals surface area contributed by atoms with E-state index in [2.05, 4.69) is 21.2 Å². The molecule has 1 aliphatic carbocycles. The van der Waals surface area contributed by atoms with E-state index < -0.39 is 10.1 Å². The first-order chi connectivity index (χ1) is 16.8. The number of halogens is 3. The number of hydrogen-bond donors (Lipinski definition) is 1. The van der Waals surface area contributed by atoms with Crippen molar-refractivity contribution >= 4 is 60.7 Å². The molecule has 182 valence electrons. The lowest BCUT2D eigenvalue weighted by Crippen LogP contribution is -2.23. The van der Waals surface area contributed by atoms with E-state index in [1.165, 1.54) is 37.5 Å². The Morgan fingerprint density at radius 3 is 2.63 bits per heavy atom. The van der Waals surface area contributed by atoms with Crippen molar-refractivity contribution in [1.29, 1.82) is 0 Å². The molecule has 5 rings (SSSR count). The molecule has 1 fully saturated rings. The van der Waals surface area contributed by atoms with Crippen LogP contribution in [0.1, 0.15) is 32.1 Å². The molecule has 0 aliphatic heterocycles. The molecule has 0 spiro atoms. The summed E-state index contributed by atoms with van der Waals surface area (Å²) in [7, 11) is -4.19. The summed E-state index contributed by atoms with van der Waals surface area (Å²) in [6, 6.07) is 15.3. The van der Waals surface area contributed by atoms with Gasteiger partial charge in [0.1, 0.15) is 27.8 Å². The molecule has 1 N–H and O–H groups in total. The third kappa shape index (κ3) is 5.31. The van der Waals surface area contributed by atoms with E-state index in [9.17, 15) is 8.42 Å². The number of rotatable bonds is 6. The van der Waals surface area contributed by atoms with E-state index in [4.69, 9.17) is 32.4 Å². The summed E-state index contributed by atoms with van der Waals surface area (Å²) in [6.45, 7) is 0. The Labute approximate surface area is 222 Å². The average Bonchev–Trinajstić information content (AvgIpc) is 3.18. The zero-order valence-corrected chi connectivity index (χ0v) is 22.5. The van der Waals surface area contributed by atoms with Gasteiger partial charge in [-0.2, -0.15) is 8.42 Å². The maximum absolute atomic E-state index is 12.9. The highest BCUT2D eigenvalue weighted by Crippen LogP contribution is 2.35. The monoisotopic (exact) mass is 593 g/mol. The number of benzene rings is 2. The number of imidazole rings is 1. The molecule has 0 atom stereocenters. The van der Waals surface area contributed by atoms with Crippen LogP contribution in [0.2, 0.25) is 10.0 Å². The van der Waals surface area contributed by atoms with Gasteiger partial charge in [0.05, 0.1) is 5.02 Å². The van der Waals surface area contributed by atoms with Crippen LogP contribution in [-0.4, -0.2) is 23.8 Å². The van der Waals surface area contributed by atoms with Crippen molar-refractivity contribution in [2.75, 3.05) is 5.32 Å². The molecular formula is C25H22BrCl2N3O3S. The van der Waals surface area contributed by atoms with Crippen LogP contribution in [0.4, 0.5) is 5.82 Å². The quantitative estimate of drug-likeness (QED) is 0.233. The van der Waals surface area contributed by atoms with Crippen molar-refractivity contribution in [3.05, 3.63) is 75.3 Å². The summed E-state index contributed by atoms with van der Waals surface area (Å²) in [5, 5.41) is 3.98. The van der Waals surface area contributed by atoms with E-state index in [1.54, 1.807) is 18.2 Å². The lowest BCUT2D eigenvalue weighted by molar-refractivity contribution is 0.462. The Bertz CT molecular complexity index is 1500. The van der Waals surface area contributed by atoms with E-state index in [1.807, 2.05) is 28.8 Å². The third-order valence-corrected chi connectivity index (χ3v) is 8.44. The predicted molar refractivity (Wildman–Crippen MR) is 143 cm³/mol. The Kier molecular flexibility index (Phi) is 6.99. The van der Waals surface area contributed by atoms with E-state index >= 15 is 0 Å². The van der Waals surface area contributed by atoms with Crippen LogP contribution in [-0.2, 0) is 10.1 Å². The summed E-state index contributed by atoms with van der Waals surface area (Å²) in [5.41, 5.74) is 2.23. The van der Waals surface area contributed by atoms with Crippen molar-refractivity contribution in [2.45, 2.75) is 43.0 Å². The highest BCUT2D eigenvalue weighted by atomic mass is 79.9. The standard InChI is InChI=1S/C25H22BrCl2N3O3S/c26-17-9-12-23-30-24(25(31(23)15-17)29-19-6-2-1-3-7-19)16-5-4-8-20(13-16)34-35(32,33)22-14-18(27)10-11-21(22)28/h4-5,8-15,19,29H,1-3,6-7H2. The Hall–Kier alpha value is -2.26. The largest absolute Gasteiger partial charge is 0.379 e. The van der Waals surface area contributed by atoms with Crippen LogP contribution in [0.5, 0.6) is 5.75 Å². The van der Waals surface area contributed by atoms with Crippen molar-refractivity contribution in [3.8, 4) is 17.0 Å². The second-order valence-corrected chi connectivity index (χ2v) is 11.8. The number of nitrogens with zero attached hydrogens (tertiary/aromatic N) is 2. The van der Waals surface area contributed by atoms with Gasteiger partial charge in [-0.1, -0.05) is 54.6 Å². The van der Waals surface area contributed by atoms with Crippen LogP contribution >= 0.6 is 39.1 Å². The summed E-state index contributed by atoms with van der Waals surface area (Å²) in [4.78, 5) is 4.66. The number of nitrogens with one attached hydrogen (secondary N) is 1. The van der Waals surface area contributed by atoms with Crippen molar-refractivity contribution < 1.29 is 12.6 Å². The Morgan fingerprint density at radius 2 is 1.83 bits per heavy atom. The van der Waals surface area contributed by atoms with Gasteiger partial charge in [-0.05, 0) is 71.2 Å². The lowest BCUT2D eigenvalue weighted by atomic mass is 9.95. The van der Waals surface area contributed by atoms with Crippen LogP contribution in [0, 0.1) is 0 Å². The molecule has 0 amide bonds. The fourth-order valence-electron chi connectivity index (χ4n) is 4.33. The minimum atomic E-state index is -4.19. The molecule has 1 saturated carbocycles. The molecule has 2 aromatic heterocycles. The normalized spacial score (nSPS) is 14.8. The van der Waals surface area contributed by atoms with Gasteiger partial charge in [-0.15, -0.1) is 0 Å². The van der Waals surface area contributed by atoms with Crippen molar-refractivity contribution in [1.82, 2.24) is 9.38 Å². The van der Waals surface area contributed by atoms with Crippen LogP contribution in [0.3, 0.4) is 0 Å². The first-order valence-electron chi connectivity index (χ1n) is 11.2. The minimum Gasteiger partial charge on any atom is -0.379 e. The zero-order valence-electron chi connectivity index (χ0n) is 18.5. The molecule has 0 bridgehead atoms. The van der Waals surface area contributed by atoms with Gasteiger partial charge in [0.2, 0.25) is 0 Å². The Morgan fingerprint density at radius 1 is 1.03 bits per heavy atom. The van der Waals surface area contributed by atoms with Crippen molar-refractivity contribution in [2.24, 2.45) is 0 Å². The van der Waals surface area contributed by atoms with Gasteiger partial charge in [-0.3, -0.25) is 4.40 Å². The predicted octanol–water partition coefficient (Wildman–Crippen LogP) is 7.58. The number of aromatic nitrogens is 2. The molecule has 35 heavy (non-hydrogen) atoms. The highest BCUT2D eigenvalue weighted by molar-refractivity contribution is 9.10. The highest BCUT2D eigenvalue weighted by Gasteiger charge is 2.23. The first kappa shape index (κ1) is 24.4. The number of fused-ring (bicyclic) bond motifs is 1. The third-order valence-electron chi connectivity index (χ3n) is 6.00. The molecule has 0 unspecified atom stereocenters. The Balaban J connectivity index is 1.53. The summed E-state index contributed by atoms with van der Waals surface area (Å²) >= 11 is 15.6. The van der Waals surface area contributed by atoms with E-state index in [0.29, 0.717) is 6.04 Å². The molecular weight excluding hydrogens is 573 g/mol. The molecule has 2 heterocycles. The topological polar surface area (TPSA) is 72.7 Å². The fraction of sp³-hybridized carbons (Fsp3) is 0.240. The average molecular weight is 595 g/mol. The van der Waals surface area contributed by atoms with Gasteiger partial charge in [0, 0.05) is 27.3 Å². The van der Waals surface area contributed by atoms with Gasteiger partial charge < -0.3 is 9.50 Å². The smallest absolute Gasteiger partial charge is 0.340 e. The summed E-state index contributed by atoms with van der Waals surface area (Å²) < 4.78 is 34.2. The lowest BCUT2D eigenvalue weighted by Gasteiger charge is -2.24. The van der Waals surface area contributed by atoms with Gasteiger partial charge in [0.25, 0.3) is 0 Å². The SMILES string of the molecule is O=S(=O)(Oc1cccc(-c2nc3ccc(Br)cn3c2NC2CCCCC2)c1)c1cc(Cl)ccc1Cl. The summed E-state index contributed by atoms with van der Waals surface area (Å²) in [5.74, 6) is 1.02. The molecule has 2 aromatic carbocycles. The maximum atomic E-state index is 12.9. The molecule has 4 aromatic rings. The fourth-order valence-corrected chi connectivity index (χ4v) is 6.33. The van der Waals surface area contributed by atoms with Gasteiger partial charge in [-0.25, -0.2) is 4.98 Å². The number of pyridine rings is 1. The van der Waals surface area contributed by atoms with Gasteiger partial charge >= 0.3 is 10.1 Å². The molecule has 0 saturated heterocycles. The van der Waals surface area contributed by atoms with E-state index in [0.717, 1.165) is 40.0 Å². The number of hydrogen-bond acceptors (Lipinski definition) is 5.